The molecule has 166 valence electrons. The summed E-state index contributed by atoms with van der Waals surface area (Å²) in [6, 6.07) is 0. The molecule has 0 heterocycles. The molecule has 0 bridgehead atoms. The Hall–Kier alpha value is -1.72. The minimum atomic E-state index is -0.545. The first kappa shape index (κ1) is 27.3. The Kier molecular flexibility index (Phi) is 16.1. The van der Waals surface area contributed by atoms with E-state index in [-0.39, 0.29) is 18.5 Å². The third kappa shape index (κ3) is 19.4. The highest BCUT2D eigenvalue weighted by molar-refractivity contribution is 5.95. The predicted octanol–water partition coefficient (Wildman–Crippen LogP) is 5.70. The number of unbranched alkanes of at least 4 members (excludes halogenated alkanes) is 2. The second-order valence-electron chi connectivity index (χ2n) is 7.91. The van der Waals surface area contributed by atoms with Gasteiger partial charge in [-0.05, 0) is 65.7 Å². The average Bonchev–Trinajstić information content (AvgIpc) is 2.63. The van der Waals surface area contributed by atoms with Crippen LogP contribution in [0.15, 0.2) is 36.5 Å². The number of ether oxygens (including phenoxy) is 3. The van der Waals surface area contributed by atoms with Crippen LogP contribution in [0.3, 0.4) is 0 Å². The van der Waals surface area contributed by atoms with Gasteiger partial charge < -0.3 is 14.2 Å². The van der Waals surface area contributed by atoms with Gasteiger partial charge in [0.25, 0.3) is 0 Å². The van der Waals surface area contributed by atoms with Gasteiger partial charge >= 0.3 is 5.97 Å². The van der Waals surface area contributed by atoms with Gasteiger partial charge in [0.1, 0.15) is 17.8 Å². The molecule has 0 aliphatic rings. The Balaban J connectivity index is 3.66. The number of carbonyl (C=O) groups excluding carboxylic acids is 2. The van der Waals surface area contributed by atoms with Crippen LogP contribution in [0.2, 0.25) is 0 Å². The first-order chi connectivity index (χ1) is 13.8. The number of hydrogen-bond acceptors (Lipinski definition) is 5. The number of ketones is 1. The highest BCUT2D eigenvalue weighted by Gasteiger charge is 2.18. The van der Waals surface area contributed by atoms with E-state index in [2.05, 4.69) is 24.3 Å². The summed E-state index contributed by atoms with van der Waals surface area (Å²) in [5.41, 5.74) is -0.545. The normalized spacial score (nSPS) is 12.6. The van der Waals surface area contributed by atoms with Gasteiger partial charge in [-0.25, -0.2) is 0 Å². The van der Waals surface area contributed by atoms with Crippen LogP contribution in [-0.4, -0.2) is 37.9 Å². The van der Waals surface area contributed by atoms with Crippen LogP contribution in [0.4, 0.5) is 0 Å². The number of Topliss-reactive ketones (excluding diaryl/α,β-unsaturated/α-hetero) is 1. The molecule has 0 aliphatic heterocycles. The van der Waals surface area contributed by atoms with Gasteiger partial charge in [-0.1, -0.05) is 36.5 Å². The van der Waals surface area contributed by atoms with Crippen LogP contribution in [0, 0.1) is 0 Å². The zero-order valence-electron chi connectivity index (χ0n) is 18.9. The minimum Gasteiger partial charge on any atom is -0.460 e. The maximum absolute atomic E-state index is 11.7. The second-order valence-corrected chi connectivity index (χ2v) is 7.91. The summed E-state index contributed by atoms with van der Waals surface area (Å²) >= 11 is 0. The Morgan fingerprint density at radius 1 is 0.828 bits per heavy atom. The molecule has 0 amide bonds. The number of esters is 1. The lowest BCUT2D eigenvalue weighted by Gasteiger charge is -2.19. The SMILES string of the molecule is COC(CCCC/C=C/C/C=C/C/C=C/CCC(=O)CC(=O)OC(C)(C)C)OC. The summed E-state index contributed by atoms with van der Waals surface area (Å²) in [4.78, 5) is 23.3. The lowest BCUT2D eigenvalue weighted by atomic mass is 10.1. The molecule has 0 rings (SSSR count). The van der Waals surface area contributed by atoms with Crippen molar-refractivity contribution in [3.05, 3.63) is 36.5 Å². The van der Waals surface area contributed by atoms with E-state index in [1.54, 1.807) is 35.0 Å². The fraction of sp³-hybridized carbons (Fsp3) is 0.667. The maximum atomic E-state index is 11.7. The van der Waals surface area contributed by atoms with Gasteiger partial charge in [-0.15, -0.1) is 0 Å². The molecule has 0 N–H and O–H groups in total. The molecular formula is C24H40O5. The highest BCUT2D eigenvalue weighted by atomic mass is 16.7. The monoisotopic (exact) mass is 408 g/mol. The van der Waals surface area contributed by atoms with E-state index in [1.807, 2.05) is 12.2 Å². The van der Waals surface area contributed by atoms with E-state index in [4.69, 9.17) is 14.2 Å². The summed E-state index contributed by atoms with van der Waals surface area (Å²) in [6.07, 6.45) is 19.5. The first-order valence-electron chi connectivity index (χ1n) is 10.5. The molecule has 5 heteroatoms. The van der Waals surface area contributed by atoms with Crippen LogP contribution in [0.5, 0.6) is 0 Å². The third-order valence-electron chi connectivity index (χ3n) is 3.98. The van der Waals surface area contributed by atoms with E-state index >= 15 is 0 Å². The lowest BCUT2D eigenvalue weighted by Crippen LogP contribution is -2.25. The molecule has 0 aromatic carbocycles. The fourth-order valence-corrected chi connectivity index (χ4v) is 2.55. The summed E-state index contributed by atoms with van der Waals surface area (Å²) in [5.74, 6) is -0.527. The molecule has 0 radical (unpaired) electrons. The first-order valence-corrected chi connectivity index (χ1v) is 10.5. The number of allylic oxidation sites excluding steroid dienone is 6. The van der Waals surface area contributed by atoms with Crippen molar-refractivity contribution in [2.45, 2.75) is 90.4 Å². The van der Waals surface area contributed by atoms with Gasteiger partial charge in [0.2, 0.25) is 0 Å². The van der Waals surface area contributed by atoms with Crippen molar-refractivity contribution in [3.63, 3.8) is 0 Å². The van der Waals surface area contributed by atoms with E-state index < -0.39 is 11.6 Å². The summed E-state index contributed by atoms with van der Waals surface area (Å²) in [6.45, 7) is 5.38. The zero-order valence-corrected chi connectivity index (χ0v) is 18.9. The van der Waals surface area contributed by atoms with E-state index in [0.29, 0.717) is 12.8 Å². The van der Waals surface area contributed by atoms with Crippen molar-refractivity contribution in [3.8, 4) is 0 Å². The standard InChI is InChI=1S/C24H40O5/c1-24(2,3)29-22(26)20-21(25)18-16-14-12-10-8-6-7-9-11-13-15-17-19-23(27-4)28-5/h6,8-9,11-12,14,23H,7,10,13,15-20H2,1-5H3/b8-6+,11-9+,14-12+. The Morgan fingerprint density at radius 2 is 1.38 bits per heavy atom. The largest absolute Gasteiger partial charge is 0.460 e. The molecule has 0 atom stereocenters. The highest BCUT2D eigenvalue weighted by Crippen LogP contribution is 2.10. The van der Waals surface area contributed by atoms with Crippen LogP contribution >= 0.6 is 0 Å². The number of methoxy groups -OCH3 is 2. The molecule has 0 aliphatic carbocycles. The lowest BCUT2D eigenvalue weighted by molar-refractivity contribution is -0.156. The molecule has 5 nitrogen and oxygen atoms in total. The van der Waals surface area contributed by atoms with E-state index in [1.165, 1.54) is 0 Å². The molecule has 0 fully saturated rings. The quantitative estimate of drug-likeness (QED) is 0.108. The molecule has 0 saturated heterocycles. The fourth-order valence-electron chi connectivity index (χ4n) is 2.55. The number of hydrogen-bond donors (Lipinski definition) is 0. The van der Waals surface area contributed by atoms with Gasteiger partial charge in [0.15, 0.2) is 6.29 Å². The van der Waals surface area contributed by atoms with Gasteiger partial charge in [-0.2, -0.15) is 0 Å². The molecule has 0 aromatic heterocycles. The van der Waals surface area contributed by atoms with Crippen molar-refractivity contribution in [2.24, 2.45) is 0 Å². The molecule has 29 heavy (non-hydrogen) atoms. The number of carbonyl (C=O) groups is 2. The summed E-state index contributed by atoms with van der Waals surface area (Å²) in [7, 11) is 3.34. The average molecular weight is 409 g/mol. The Morgan fingerprint density at radius 3 is 1.93 bits per heavy atom. The van der Waals surface area contributed by atoms with Crippen molar-refractivity contribution >= 4 is 11.8 Å². The molecule has 0 unspecified atom stereocenters. The van der Waals surface area contributed by atoms with Gasteiger partial charge in [0.05, 0.1) is 0 Å². The maximum Gasteiger partial charge on any atom is 0.313 e. The number of rotatable bonds is 16. The molecule has 0 aromatic rings. The van der Waals surface area contributed by atoms with E-state index in [0.717, 1.165) is 38.5 Å². The zero-order chi connectivity index (χ0) is 22.0. The second kappa shape index (κ2) is 17.2. The Bertz CT molecular complexity index is 522. The van der Waals surface area contributed by atoms with E-state index in [9.17, 15) is 9.59 Å². The van der Waals surface area contributed by atoms with Crippen molar-refractivity contribution in [1.82, 2.24) is 0 Å². The smallest absolute Gasteiger partial charge is 0.313 e. The minimum absolute atomic E-state index is 0.0791. The molecular weight excluding hydrogens is 368 g/mol. The predicted molar refractivity (Wildman–Crippen MR) is 118 cm³/mol. The molecule has 0 saturated carbocycles. The summed E-state index contributed by atoms with van der Waals surface area (Å²) < 4.78 is 15.5. The summed E-state index contributed by atoms with van der Waals surface area (Å²) in [5, 5.41) is 0. The van der Waals surface area contributed by atoms with Gasteiger partial charge in [0, 0.05) is 20.6 Å². The van der Waals surface area contributed by atoms with Crippen molar-refractivity contribution in [1.29, 1.82) is 0 Å². The molecule has 0 spiro atoms. The topological polar surface area (TPSA) is 61.8 Å². The van der Waals surface area contributed by atoms with Crippen LogP contribution < -0.4 is 0 Å². The van der Waals surface area contributed by atoms with Crippen LogP contribution in [0.1, 0.15) is 78.6 Å². The van der Waals surface area contributed by atoms with Crippen molar-refractivity contribution in [2.75, 3.05) is 14.2 Å². The Labute approximate surface area is 177 Å². The van der Waals surface area contributed by atoms with Gasteiger partial charge in [-0.3, -0.25) is 9.59 Å². The van der Waals surface area contributed by atoms with Crippen LogP contribution in [-0.2, 0) is 23.8 Å². The third-order valence-corrected chi connectivity index (χ3v) is 3.98. The van der Waals surface area contributed by atoms with Crippen molar-refractivity contribution < 1.29 is 23.8 Å². The van der Waals surface area contributed by atoms with Crippen LogP contribution in [0.25, 0.3) is 0 Å².